The van der Waals surface area contributed by atoms with Crippen LogP contribution >= 0.6 is 0 Å². The average molecular weight is 1210 g/mol. The Balaban J connectivity index is -0.000000175. The number of carbonyl (C=O) groups excluding carboxylic acids is 5. The van der Waals surface area contributed by atoms with Crippen molar-refractivity contribution in [2.45, 2.75) is 316 Å². The molecule has 0 aliphatic heterocycles. The number of unbranched alkanes of at least 4 members (excludes halogenated alkanes) is 13. The first-order chi connectivity index (χ1) is 38.8. The van der Waals surface area contributed by atoms with Gasteiger partial charge in [-0.2, -0.15) is 0 Å². The van der Waals surface area contributed by atoms with E-state index < -0.39 is 60.1 Å². The second-order valence-electron chi connectivity index (χ2n) is 20.8. The lowest BCUT2D eigenvalue weighted by molar-refractivity contribution is -0.144. The average Bonchev–Trinajstić information content (AvgIpc) is 3.43. The maximum absolute atomic E-state index is 11.5. The molecule has 0 radical (unpaired) electrons. The summed E-state index contributed by atoms with van der Waals surface area (Å²) < 4.78 is 4.99. The predicted molar refractivity (Wildman–Crippen MR) is 334 cm³/mol. The van der Waals surface area contributed by atoms with Gasteiger partial charge in [0.25, 0.3) is 0 Å². The number of hydrogen-bond acceptors (Lipinski definition) is 17. The minimum Gasteiger partial charge on any atom is -0.480 e. The number of Topliss-reactive ketones (excluding diaryl/α,β-unsaturated/α-hetero) is 4. The molecule has 22 heteroatoms. The van der Waals surface area contributed by atoms with Crippen molar-refractivity contribution < 1.29 is 78.2 Å². The highest BCUT2D eigenvalue weighted by molar-refractivity contribution is 5.83. The Labute approximate surface area is 505 Å². The van der Waals surface area contributed by atoms with Crippen molar-refractivity contribution in [2.24, 2.45) is 34.4 Å². The summed E-state index contributed by atoms with van der Waals surface area (Å²) in [4.78, 5) is 109. The highest BCUT2D eigenvalue weighted by Gasteiger charge is 2.15. The Morgan fingerprint density at radius 2 is 0.619 bits per heavy atom. The molecule has 0 aliphatic carbocycles. The second-order valence-corrected chi connectivity index (χ2v) is 20.8. The van der Waals surface area contributed by atoms with Crippen molar-refractivity contribution in [3.05, 3.63) is 12.7 Å². The van der Waals surface area contributed by atoms with Crippen LogP contribution in [0.2, 0.25) is 0 Å². The highest BCUT2D eigenvalue weighted by atomic mass is 16.5. The number of nitrogens with two attached hydrogens (primary N) is 6. The van der Waals surface area contributed by atoms with E-state index in [0.717, 1.165) is 154 Å². The first-order valence-corrected chi connectivity index (χ1v) is 30.3. The van der Waals surface area contributed by atoms with Crippen molar-refractivity contribution in [2.75, 3.05) is 6.61 Å². The molecule has 0 heterocycles. The van der Waals surface area contributed by atoms with Gasteiger partial charge in [-0.25, -0.2) is 0 Å². The topological polar surface area (TPSA) is 437 Å². The number of ether oxygens (including phenoxy) is 1. The van der Waals surface area contributed by atoms with Gasteiger partial charge in [-0.3, -0.25) is 47.9 Å². The van der Waals surface area contributed by atoms with E-state index >= 15 is 0 Å². The number of ketones is 4. The Morgan fingerprint density at radius 3 is 0.893 bits per heavy atom. The molecule has 0 aromatic carbocycles. The third-order valence-electron chi connectivity index (χ3n) is 12.9. The molecule has 496 valence electrons. The van der Waals surface area contributed by atoms with E-state index in [1.807, 2.05) is 13.8 Å². The molecule has 6 atom stereocenters. The zero-order valence-corrected chi connectivity index (χ0v) is 50.8. The van der Waals surface area contributed by atoms with Gasteiger partial charge in [0.05, 0.1) is 12.6 Å². The van der Waals surface area contributed by atoms with E-state index in [-0.39, 0.29) is 38.4 Å². The van der Waals surface area contributed by atoms with Gasteiger partial charge in [0.15, 0.2) is 0 Å². The number of hydrogen-bond donors (Lipinski definition) is 11. The van der Waals surface area contributed by atoms with Gasteiger partial charge < -0.3 is 64.7 Å². The van der Waals surface area contributed by atoms with Crippen LogP contribution in [0.1, 0.15) is 280 Å². The van der Waals surface area contributed by atoms with Gasteiger partial charge in [-0.1, -0.05) is 139 Å². The van der Waals surface area contributed by atoms with Crippen molar-refractivity contribution in [1.82, 2.24) is 0 Å². The Morgan fingerprint density at radius 1 is 0.345 bits per heavy atom. The standard InChI is InChI=1S/C12H24N2O3.C12H23NO4.2C12H23NO3.C12H21NO3.2CH4/c1-2-6-9(13)11(15)8-5-3-4-7-10(14)12(16)17;1-2-3-9-17-11(14)8-6-4-5-7-10(13)12(15)16;3*1-2-3-7-10(14)8-5-4-6-9-11(13)12(15)16;;/h9-10H,2-8,13-14H2,1H3,(H,16,17);10H,2-9,13H2,1H3,(H,15,16);2*11H,2-9,13H2,1H3,(H,15,16);2,11H,1,3-9,13H2,(H,15,16);2*1H4/t9-,10-;10-;3*11-;;/m00000../s1. The number of rotatable bonds is 50. The monoisotopic (exact) mass is 1210 g/mol. The molecule has 0 rings (SSSR count). The van der Waals surface area contributed by atoms with Crippen LogP contribution in [0.25, 0.3) is 0 Å². The van der Waals surface area contributed by atoms with E-state index in [2.05, 4.69) is 20.4 Å². The van der Waals surface area contributed by atoms with Crippen LogP contribution in [0.3, 0.4) is 0 Å². The molecule has 0 unspecified atom stereocenters. The molecule has 0 fully saturated rings. The lowest BCUT2D eigenvalue weighted by atomic mass is 10.0. The smallest absolute Gasteiger partial charge is 0.320 e. The van der Waals surface area contributed by atoms with Crippen molar-refractivity contribution >= 4 is 58.9 Å². The quantitative estimate of drug-likeness (QED) is 0.0153. The number of allylic oxidation sites excluding steroid dienone is 1. The van der Waals surface area contributed by atoms with Gasteiger partial charge in [0, 0.05) is 51.4 Å². The predicted octanol–water partition coefficient (Wildman–Crippen LogP) is 10.1. The molecular weight excluding hydrogens is 1080 g/mol. The van der Waals surface area contributed by atoms with Gasteiger partial charge in [0.2, 0.25) is 0 Å². The Bertz CT molecular complexity index is 1660. The number of carbonyl (C=O) groups is 10. The Hall–Kier alpha value is -5.00. The van der Waals surface area contributed by atoms with Crippen LogP contribution in [0, 0.1) is 0 Å². The first kappa shape index (κ1) is 92.7. The summed E-state index contributed by atoms with van der Waals surface area (Å²) in [6, 6.07) is -4.18. The van der Waals surface area contributed by atoms with Crippen molar-refractivity contribution in [1.29, 1.82) is 0 Å². The van der Waals surface area contributed by atoms with E-state index in [1.54, 1.807) is 6.08 Å². The summed E-state index contributed by atoms with van der Waals surface area (Å²) >= 11 is 0. The molecule has 0 bridgehead atoms. The fourth-order valence-corrected chi connectivity index (χ4v) is 7.30. The number of aliphatic carboxylic acids is 5. The zero-order valence-electron chi connectivity index (χ0n) is 50.8. The van der Waals surface area contributed by atoms with E-state index in [9.17, 15) is 47.9 Å². The number of carboxylic acid groups (broad SMARTS) is 5. The summed E-state index contributed by atoms with van der Waals surface area (Å²) in [5.74, 6) is -3.94. The van der Waals surface area contributed by atoms with Gasteiger partial charge in [-0.05, 0) is 96.3 Å². The molecule has 0 amide bonds. The normalized spacial score (nSPS) is 12.4. The molecule has 0 aromatic heterocycles. The number of esters is 1. The minimum atomic E-state index is -0.969. The SMILES string of the molecule is C.C.C=CCCC(=O)CCCCC[C@H](N)C(=O)O.CCCCC(=O)CCCCC[C@H](N)C(=O)O.CCCCC(=O)CCCCC[C@H](N)C(=O)O.CCCCOC(=O)CCCCC[C@H](N)C(=O)O.CCC[C@H](N)C(=O)CCCCC[C@H](N)C(=O)O. The summed E-state index contributed by atoms with van der Waals surface area (Å²) in [5, 5.41) is 42.7. The zero-order chi connectivity index (χ0) is 63.5. The van der Waals surface area contributed by atoms with Crippen molar-refractivity contribution in [3.63, 3.8) is 0 Å². The van der Waals surface area contributed by atoms with Crippen LogP contribution in [-0.2, 0) is 52.7 Å². The van der Waals surface area contributed by atoms with Gasteiger partial charge in [0.1, 0.15) is 53.3 Å². The highest BCUT2D eigenvalue weighted by Crippen LogP contribution is 2.12. The van der Waals surface area contributed by atoms with E-state index in [0.29, 0.717) is 102 Å². The molecular formula is C62H122N6O16. The second kappa shape index (κ2) is 67.1. The van der Waals surface area contributed by atoms with E-state index in [1.165, 1.54) is 0 Å². The maximum Gasteiger partial charge on any atom is 0.320 e. The fraction of sp³-hybridized carbons (Fsp3) is 0.806. The first-order valence-electron chi connectivity index (χ1n) is 30.3. The molecule has 84 heavy (non-hydrogen) atoms. The van der Waals surface area contributed by atoms with Gasteiger partial charge >= 0.3 is 35.8 Å². The fourth-order valence-electron chi connectivity index (χ4n) is 7.30. The Kier molecular flexibility index (Phi) is 74.1. The lowest BCUT2D eigenvalue weighted by Gasteiger charge is -2.09. The summed E-state index contributed by atoms with van der Waals surface area (Å²) in [7, 11) is 0. The molecule has 22 nitrogen and oxygen atoms in total. The van der Waals surface area contributed by atoms with Crippen molar-refractivity contribution in [3.8, 4) is 0 Å². The summed E-state index contributed by atoms with van der Waals surface area (Å²) in [5.41, 5.74) is 32.5. The molecule has 0 spiro atoms. The molecule has 0 aliphatic rings. The maximum atomic E-state index is 11.5. The largest absolute Gasteiger partial charge is 0.480 e. The lowest BCUT2D eigenvalue weighted by Crippen LogP contribution is -2.30. The molecule has 0 aromatic rings. The third-order valence-corrected chi connectivity index (χ3v) is 12.9. The molecule has 17 N–H and O–H groups in total. The summed E-state index contributed by atoms with van der Waals surface area (Å²) in [6.07, 6.45) is 29.3. The molecule has 0 saturated carbocycles. The molecule has 0 saturated heterocycles. The minimum absolute atomic E-state index is 0. The third kappa shape index (κ3) is 71.3. The van der Waals surface area contributed by atoms with Crippen LogP contribution in [0.15, 0.2) is 12.7 Å². The number of carboxylic acids is 5. The van der Waals surface area contributed by atoms with E-state index in [4.69, 9.17) is 64.7 Å². The van der Waals surface area contributed by atoms with Crippen LogP contribution < -0.4 is 34.4 Å². The van der Waals surface area contributed by atoms with Gasteiger partial charge in [-0.15, -0.1) is 6.58 Å². The summed E-state index contributed by atoms with van der Waals surface area (Å²) in [6.45, 7) is 12.2. The van der Waals surface area contributed by atoms with Crippen LogP contribution in [0.4, 0.5) is 0 Å². The van der Waals surface area contributed by atoms with Crippen LogP contribution in [-0.4, -0.2) is 127 Å². The van der Waals surface area contributed by atoms with Crippen LogP contribution in [0.5, 0.6) is 0 Å².